The Hall–Kier alpha value is -1.39. The van der Waals surface area contributed by atoms with Gasteiger partial charge in [-0.1, -0.05) is 69.2 Å². The van der Waals surface area contributed by atoms with Crippen LogP contribution in [0.5, 0.6) is 0 Å². The van der Waals surface area contributed by atoms with Crippen molar-refractivity contribution in [3.05, 3.63) is 0 Å². The molecule has 0 bridgehead atoms. The fourth-order valence-electron chi connectivity index (χ4n) is 4.87. The molecule has 3 atom stereocenters. The van der Waals surface area contributed by atoms with Gasteiger partial charge < -0.3 is 5.73 Å². The summed E-state index contributed by atoms with van der Waals surface area (Å²) in [4.78, 5) is 38.1. The third-order valence-electron chi connectivity index (χ3n) is 7.71. The number of rotatable bonds is 4. The average Bonchev–Trinajstić information content (AvgIpc) is 2.70. The van der Waals surface area contributed by atoms with Crippen LogP contribution in [0.4, 0.5) is 0 Å². The summed E-state index contributed by atoms with van der Waals surface area (Å²) >= 11 is 0. The van der Waals surface area contributed by atoms with E-state index in [4.69, 9.17) is 5.73 Å². The van der Waals surface area contributed by atoms with Crippen LogP contribution in [0.25, 0.3) is 0 Å². The molecule has 0 spiro atoms. The van der Waals surface area contributed by atoms with Crippen LogP contribution in [0.2, 0.25) is 0 Å². The minimum absolute atomic E-state index is 0.229. The van der Waals surface area contributed by atoms with E-state index in [1.165, 1.54) is 0 Å². The summed E-state index contributed by atoms with van der Waals surface area (Å²) in [6.07, 6.45) is 0. The number of nitrogens with one attached hydrogen (secondary N) is 1. The van der Waals surface area contributed by atoms with E-state index in [2.05, 4.69) is 5.32 Å². The average molecular weight is 367 g/mol. The number of hydrogen-bond donors (Lipinski definition) is 2. The van der Waals surface area contributed by atoms with E-state index < -0.39 is 33.5 Å². The second-order valence-electron chi connectivity index (χ2n) is 11.3. The van der Waals surface area contributed by atoms with Crippen molar-refractivity contribution in [2.24, 2.45) is 44.6 Å². The third kappa shape index (κ3) is 2.97. The van der Waals surface area contributed by atoms with E-state index in [9.17, 15) is 14.4 Å². The van der Waals surface area contributed by atoms with Crippen LogP contribution in [0.15, 0.2) is 0 Å². The Balaban J connectivity index is 3.67. The molecule has 1 rings (SSSR count). The maximum atomic E-state index is 12.8. The van der Waals surface area contributed by atoms with Gasteiger partial charge in [0.05, 0.1) is 17.3 Å². The second kappa shape index (κ2) is 6.07. The highest BCUT2D eigenvalue weighted by atomic mass is 16.2. The number of hydrogen-bond acceptors (Lipinski definition) is 3. The highest BCUT2D eigenvalue weighted by molar-refractivity contribution is 6.06. The van der Waals surface area contributed by atoms with Crippen LogP contribution in [0, 0.1) is 38.9 Å². The van der Waals surface area contributed by atoms with Crippen molar-refractivity contribution in [3.8, 4) is 0 Å². The number of nitrogens with two attached hydrogens (primary N) is 1. The molecule has 0 aromatic heterocycles. The van der Waals surface area contributed by atoms with Gasteiger partial charge in [-0.15, -0.1) is 0 Å². The number of primary amides is 1. The summed E-state index contributed by atoms with van der Waals surface area (Å²) in [6.45, 7) is 21.8. The Morgan fingerprint density at radius 1 is 0.808 bits per heavy atom. The fraction of sp³-hybridized carbons (Fsp3) is 0.857. The van der Waals surface area contributed by atoms with E-state index >= 15 is 0 Å². The van der Waals surface area contributed by atoms with E-state index in [-0.39, 0.29) is 23.1 Å². The molecule has 5 nitrogen and oxygen atoms in total. The normalized spacial score (nSPS) is 25.0. The van der Waals surface area contributed by atoms with Gasteiger partial charge in [0.25, 0.3) is 0 Å². The van der Waals surface area contributed by atoms with E-state index in [1.807, 2.05) is 76.2 Å². The van der Waals surface area contributed by atoms with Gasteiger partial charge in [-0.3, -0.25) is 19.7 Å². The van der Waals surface area contributed by atoms with Crippen molar-refractivity contribution in [3.63, 3.8) is 0 Å². The first-order valence-electron chi connectivity index (χ1n) is 9.39. The summed E-state index contributed by atoms with van der Waals surface area (Å²) < 4.78 is 0. The molecule has 0 aliphatic carbocycles. The first kappa shape index (κ1) is 22.7. The molecule has 5 heteroatoms. The summed E-state index contributed by atoms with van der Waals surface area (Å²) in [7, 11) is 0. The monoisotopic (exact) mass is 366 g/mol. The minimum Gasteiger partial charge on any atom is -0.369 e. The Morgan fingerprint density at radius 2 is 1.19 bits per heavy atom. The van der Waals surface area contributed by atoms with E-state index in [1.54, 1.807) is 0 Å². The highest BCUT2D eigenvalue weighted by Crippen LogP contribution is 2.63. The molecule has 150 valence electrons. The maximum Gasteiger partial charge on any atom is 0.231 e. The predicted molar refractivity (Wildman–Crippen MR) is 104 cm³/mol. The molecule has 3 unspecified atom stereocenters. The Morgan fingerprint density at radius 3 is 1.50 bits per heavy atom. The van der Waals surface area contributed by atoms with Gasteiger partial charge in [0, 0.05) is 0 Å². The lowest BCUT2D eigenvalue weighted by Crippen LogP contribution is -2.62. The van der Waals surface area contributed by atoms with Gasteiger partial charge in [0.15, 0.2) is 0 Å². The molecule has 0 saturated carbocycles. The Labute approximate surface area is 158 Å². The summed E-state index contributed by atoms with van der Waals surface area (Å²) in [5, 5.41) is 2.53. The summed E-state index contributed by atoms with van der Waals surface area (Å²) in [5.41, 5.74) is 2.92. The zero-order valence-electron chi connectivity index (χ0n) is 18.5. The number of imide groups is 1. The van der Waals surface area contributed by atoms with Crippen molar-refractivity contribution < 1.29 is 14.4 Å². The van der Waals surface area contributed by atoms with Crippen molar-refractivity contribution in [1.29, 1.82) is 0 Å². The quantitative estimate of drug-likeness (QED) is 0.746. The topological polar surface area (TPSA) is 89.3 Å². The number of amides is 3. The molecule has 0 radical (unpaired) electrons. The largest absolute Gasteiger partial charge is 0.369 e. The van der Waals surface area contributed by atoms with Gasteiger partial charge in [-0.05, 0) is 28.6 Å². The zero-order valence-corrected chi connectivity index (χ0v) is 18.5. The van der Waals surface area contributed by atoms with Crippen LogP contribution < -0.4 is 11.1 Å². The molecular formula is C21H38N2O3. The SMILES string of the molecule is CC(C)(C)C1C(=O)NC(=O)C1C(C)(C)C(C)(C)C(C)(C(N)=O)C(C)(C)C. The summed E-state index contributed by atoms with van der Waals surface area (Å²) in [5.74, 6) is -1.87. The van der Waals surface area contributed by atoms with E-state index in [0.717, 1.165) is 0 Å². The lowest BCUT2D eigenvalue weighted by molar-refractivity contribution is -0.169. The molecule has 26 heavy (non-hydrogen) atoms. The number of carbonyl (C=O) groups is 3. The molecule has 1 fully saturated rings. The van der Waals surface area contributed by atoms with Crippen molar-refractivity contribution >= 4 is 17.7 Å². The predicted octanol–water partition coefficient (Wildman–Crippen LogP) is 3.51. The van der Waals surface area contributed by atoms with Gasteiger partial charge in [-0.25, -0.2) is 0 Å². The molecule has 1 saturated heterocycles. The van der Waals surface area contributed by atoms with Crippen molar-refractivity contribution in [2.75, 3.05) is 0 Å². The van der Waals surface area contributed by atoms with Crippen LogP contribution in [-0.2, 0) is 14.4 Å². The first-order valence-corrected chi connectivity index (χ1v) is 9.39. The molecule has 1 heterocycles. The van der Waals surface area contributed by atoms with Gasteiger partial charge in [-0.2, -0.15) is 0 Å². The van der Waals surface area contributed by atoms with Crippen LogP contribution in [0.1, 0.15) is 76.2 Å². The molecule has 1 aliphatic heterocycles. The Kier molecular flexibility index (Phi) is 5.28. The van der Waals surface area contributed by atoms with Gasteiger partial charge >= 0.3 is 0 Å². The Bertz CT molecular complexity index is 620. The molecule has 3 N–H and O–H groups in total. The first-order chi connectivity index (χ1) is 11.2. The highest BCUT2D eigenvalue weighted by Gasteiger charge is 2.65. The van der Waals surface area contributed by atoms with Gasteiger partial charge in [0.2, 0.25) is 17.7 Å². The second-order valence-corrected chi connectivity index (χ2v) is 11.3. The van der Waals surface area contributed by atoms with E-state index in [0.29, 0.717) is 0 Å². The zero-order chi connectivity index (χ0) is 21.1. The summed E-state index contributed by atoms with van der Waals surface area (Å²) in [6, 6.07) is 0. The molecule has 0 aromatic carbocycles. The van der Waals surface area contributed by atoms with Crippen LogP contribution >= 0.6 is 0 Å². The number of carbonyl (C=O) groups excluding carboxylic acids is 3. The lowest BCUT2D eigenvalue weighted by atomic mass is 9.43. The lowest BCUT2D eigenvalue weighted by Gasteiger charge is -2.59. The molecule has 1 aliphatic rings. The molecule has 0 aromatic rings. The van der Waals surface area contributed by atoms with Gasteiger partial charge in [0.1, 0.15) is 0 Å². The van der Waals surface area contributed by atoms with Crippen LogP contribution in [-0.4, -0.2) is 17.7 Å². The van der Waals surface area contributed by atoms with Crippen molar-refractivity contribution in [1.82, 2.24) is 5.32 Å². The third-order valence-corrected chi connectivity index (χ3v) is 7.71. The fourth-order valence-corrected chi connectivity index (χ4v) is 4.87. The smallest absolute Gasteiger partial charge is 0.231 e. The maximum absolute atomic E-state index is 12.8. The standard InChI is InChI=1S/C21H38N2O3/c1-17(2,3)12-13(15(25)23-14(12)24)19(7,8)20(9,10)21(11,16(22)26)18(4,5)6/h12-13H,1-11H3,(H2,22,26)(H,23,24,25). The molecular weight excluding hydrogens is 328 g/mol. The minimum atomic E-state index is -0.891. The molecule has 3 amide bonds. The van der Waals surface area contributed by atoms with Crippen LogP contribution in [0.3, 0.4) is 0 Å². The van der Waals surface area contributed by atoms with Crippen molar-refractivity contribution in [2.45, 2.75) is 76.2 Å².